The first-order valence-electron chi connectivity index (χ1n) is 2.36. The van der Waals surface area contributed by atoms with E-state index >= 15 is 0 Å². The molecule has 0 nitrogen and oxygen atoms in total. The molecule has 0 radical (unpaired) electrons. The molecule has 0 spiro atoms. The van der Waals surface area contributed by atoms with Crippen LogP contribution in [0.1, 0.15) is 13.8 Å². The van der Waals surface area contributed by atoms with E-state index in [2.05, 4.69) is 0 Å². The molecule has 0 atom stereocenters. The molecule has 46 valence electrons. The van der Waals surface area contributed by atoms with Crippen molar-refractivity contribution in [2.45, 2.75) is 13.8 Å². The molecule has 2 heteroatoms. The number of allylic oxidation sites excluding steroid dienone is 4. The van der Waals surface area contributed by atoms with Gasteiger partial charge >= 0.3 is 0 Å². The maximum absolute atomic E-state index is 11.9. The van der Waals surface area contributed by atoms with Crippen molar-refractivity contribution in [1.29, 1.82) is 0 Å². The van der Waals surface area contributed by atoms with Crippen LogP contribution >= 0.6 is 0 Å². The summed E-state index contributed by atoms with van der Waals surface area (Å²) in [5, 5.41) is 0. The molecule has 0 N–H and O–H groups in total. The molecule has 0 saturated heterocycles. The highest BCUT2D eigenvalue weighted by atomic mass is 19.2. The van der Waals surface area contributed by atoms with Crippen LogP contribution in [0.15, 0.2) is 23.8 Å². The van der Waals surface area contributed by atoms with Crippen molar-refractivity contribution in [2.75, 3.05) is 0 Å². The summed E-state index contributed by atoms with van der Waals surface area (Å²) in [5.41, 5.74) is 0. The third kappa shape index (κ3) is 1.87. The quantitative estimate of drug-likeness (QED) is 0.464. The number of rotatable bonds is 1. The molecule has 0 fully saturated rings. The van der Waals surface area contributed by atoms with E-state index in [4.69, 9.17) is 0 Å². The minimum atomic E-state index is -0.799. The third-order valence-electron chi connectivity index (χ3n) is 0.735. The molecule has 8 heavy (non-hydrogen) atoms. The zero-order valence-corrected chi connectivity index (χ0v) is 4.91. The van der Waals surface area contributed by atoms with E-state index in [0.29, 0.717) is 0 Å². The van der Waals surface area contributed by atoms with Crippen LogP contribution in [0.25, 0.3) is 0 Å². The van der Waals surface area contributed by atoms with Gasteiger partial charge in [0.1, 0.15) is 0 Å². The smallest absolute Gasteiger partial charge is 0.154 e. The van der Waals surface area contributed by atoms with E-state index in [1.165, 1.54) is 13.8 Å². The topological polar surface area (TPSA) is 0 Å². The van der Waals surface area contributed by atoms with Crippen LogP contribution in [0.2, 0.25) is 0 Å². The maximum atomic E-state index is 11.9. The average molecular weight is 118 g/mol. The van der Waals surface area contributed by atoms with Crippen LogP contribution in [-0.4, -0.2) is 0 Å². The summed E-state index contributed by atoms with van der Waals surface area (Å²) in [7, 11) is 0. The van der Waals surface area contributed by atoms with E-state index in [-0.39, 0.29) is 0 Å². The largest absolute Gasteiger partial charge is 0.204 e. The maximum Gasteiger partial charge on any atom is 0.154 e. The van der Waals surface area contributed by atoms with Crippen LogP contribution in [0.4, 0.5) is 8.78 Å². The second-order valence-electron chi connectivity index (χ2n) is 1.27. The number of hydrogen-bond acceptors (Lipinski definition) is 0. The molecule has 0 aliphatic heterocycles. The Bertz CT molecular complexity index is 106. The van der Waals surface area contributed by atoms with E-state index in [1.807, 2.05) is 0 Å². The van der Waals surface area contributed by atoms with Crippen molar-refractivity contribution in [3.8, 4) is 0 Å². The van der Waals surface area contributed by atoms with Gasteiger partial charge in [-0.2, -0.15) is 0 Å². The van der Waals surface area contributed by atoms with Crippen molar-refractivity contribution >= 4 is 0 Å². The molecule has 0 aromatic carbocycles. The lowest BCUT2D eigenvalue weighted by Crippen LogP contribution is -1.70. The Labute approximate surface area is 47.5 Å². The second-order valence-corrected chi connectivity index (χ2v) is 1.27. The van der Waals surface area contributed by atoms with Crippen LogP contribution < -0.4 is 0 Å². The normalized spacial score (nSPS) is 14.5. The van der Waals surface area contributed by atoms with Crippen molar-refractivity contribution in [2.24, 2.45) is 0 Å². The summed E-state index contributed by atoms with van der Waals surface area (Å²) in [6.45, 7) is 2.89. The summed E-state index contributed by atoms with van der Waals surface area (Å²) in [6, 6.07) is 0. The van der Waals surface area contributed by atoms with Gasteiger partial charge in [0.25, 0.3) is 0 Å². The minimum Gasteiger partial charge on any atom is -0.204 e. The fourth-order valence-electron chi connectivity index (χ4n) is 0.276. The predicted molar refractivity (Wildman–Crippen MR) is 29.7 cm³/mol. The highest BCUT2D eigenvalue weighted by Gasteiger charge is 1.95. The fourth-order valence-corrected chi connectivity index (χ4v) is 0.276. The van der Waals surface area contributed by atoms with Crippen LogP contribution in [0, 0.1) is 0 Å². The van der Waals surface area contributed by atoms with E-state index in [1.54, 1.807) is 0 Å². The standard InChI is InChI=1S/C6H8F2/c1-3-5(7)6(8)4-2/h3-4H,1-2H3. The molecule has 0 aromatic rings. The van der Waals surface area contributed by atoms with Gasteiger partial charge in [-0.3, -0.25) is 0 Å². The highest BCUT2D eigenvalue weighted by molar-refractivity contribution is 5.16. The molecule has 0 heterocycles. The van der Waals surface area contributed by atoms with Gasteiger partial charge in [-0.05, 0) is 26.0 Å². The first kappa shape index (κ1) is 7.34. The van der Waals surface area contributed by atoms with Gasteiger partial charge in [0.05, 0.1) is 0 Å². The Kier molecular flexibility index (Phi) is 3.08. The first-order chi connectivity index (χ1) is 3.72. The Morgan fingerprint density at radius 3 is 1.38 bits per heavy atom. The van der Waals surface area contributed by atoms with Crippen molar-refractivity contribution < 1.29 is 8.78 Å². The van der Waals surface area contributed by atoms with Gasteiger partial charge in [0.2, 0.25) is 0 Å². The number of hydrogen-bond donors (Lipinski definition) is 0. The summed E-state index contributed by atoms with van der Waals surface area (Å²) in [4.78, 5) is 0. The highest BCUT2D eigenvalue weighted by Crippen LogP contribution is 2.10. The Balaban J connectivity index is 4.04. The average Bonchev–Trinajstić information content (AvgIpc) is 1.84. The molecular formula is C6H8F2. The first-order valence-corrected chi connectivity index (χ1v) is 2.36. The molecular weight excluding hydrogens is 110 g/mol. The van der Waals surface area contributed by atoms with Crippen LogP contribution in [0.3, 0.4) is 0 Å². The van der Waals surface area contributed by atoms with Gasteiger partial charge < -0.3 is 0 Å². The second kappa shape index (κ2) is 3.36. The van der Waals surface area contributed by atoms with E-state index < -0.39 is 11.7 Å². The molecule has 0 saturated carbocycles. The molecule has 0 unspecified atom stereocenters. The zero-order chi connectivity index (χ0) is 6.57. The lowest BCUT2D eigenvalue weighted by atomic mass is 10.4. The van der Waals surface area contributed by atoms with Gasteiger partial charge in [-0.25, -0.2) is 8.78 Å². The van der Waals surface area contributed by atoms with Gasteiger partial charge in [0, 0.05) is 0 Å². The van der Waals surface area contributed by atoms with Crippen LogP contribution in [0.5, 0.6) is 0 Å². The Hall–Kier alpha value is -0.660. The number of halogens is 2. The lowest BCUT2D eigenvalue weighted by molar-refractivity contribution is 0.542. The summed E-state index contributed by atoms with van der Waals surface area (Å²) in [5.74, 6) is -1.60. The minimum absolute atomic E-state index is 0.799. The molecule has 0 amide bonds. The van der Waals surface area contributed by atoms with Gasteiger partial charge in [0.15, 0.2) is 11.7 Å². The predicted octanol–water partition coefficient (Wildman–Crippen LogP) is 2.73. The van der Waals surface area contributed by atoms with Crippen molar-refractivity contribution in [3.63, 3.8) is 0 Å². The summed E-state index contributed by atoms with van der Waals surface area (Å²) < 4.78 is 23.9. The Morgan fingerprint density at radius 2 is 1.25 bits per heavy atom. The van der Waals surface area contributed by atoms with Crippen molar-refractivity contribution in [1.82, 2.24) is 0 Å². The molecule has 0 aromatic heterocycles. The van der Waals surface area contributed by atoms with Gasteiger partial charge in [-0.1, -0.05) is 0 Å². The summed E-state index contributed by atoms with van der Waals surface area (Å²) >= 11 is 0. The molecule has 0 bridgehead atoms. The van der Waals surface area contributed by atoms with Crippen molar-refractivity contribution in [3.05, 3.63) is 23.8 Å². The lowest BCUT2D eigenvalue weighted by Gasteiger charge is -1.85. The molecule has 0 aliphatic rings. The van der Waals surface area contributed by atoms with Crippen LogP contribution in [-0.2, 0) is 0 Å². The van der Waals surface area contributed by atoms with Gasteiger partial charge in [-0.15, -0.1) is 0 Å². The fraction of sp³-hybridized carbons (Fsp3) is 0.333. The third-order valence-corrected chi connectivity index (χ3v) is 0.735. The molecule has 0 aliphatic carbocycles. The summed E-state index contributed by atoms with van der Waals surface area (Å²) in [6.07, 6.45) is 2.16. The SMILES string of the molecule is CC=C(F)C(F)=CC. The monoisotopic (exact) mass is 118 g/mol. The zero-order valence-electron chi connectivity index (χ0n) is 4.91. The van der Waals surface area contributed by atoms with E-state index in [0.717, 1.165) is 12.2 Å². The Morgan fingerprint density at radius 1 is 1.00 bits per heavy atom. The van der Waals surface area contributed by atoms with E-state index in [9.17, 15) is 8.78 Å². The molecule has 0 rings (SSSR count).